The highest BCUT2D eigenvalue weighted by atomic mass is 19.1. The molecule has 0 aliphatic carbocycles. The predicted molar refractivity (Wildman–Crippen MR) is 66.6 cm³/mol. The van der Waals surface area contributed by atoms with Crippen LogP contribution in [0.1, 0.15) is 11.1 Å². The van der Waals surface area contributed by atoms with Crippen LogP contribution in [-0.2, 0) is 6.61 Å². The van der Waals surface area contributed by atoms with E-state index in [1.54, 1.807) is 36.4 Å². The molecule has 18 heavy (non-hydrogen) atoms. The lowest BCUT2D eigenvalue weighted by molar-refractivity contribution is 0.305. The predicted octanol–water partition coefficient (Wildman–Crippen LogP) is 3.21. The maximum Gasteiger partial charge on any atom is 0.123 e. The van der Waals surface area contributed by atoms with Crippen LogP contribution in [0.25, 0.3) is 0 Å². The number of oxime groups is 1. The Kier molecular flexibility index (Phi) is 3.91. The highest BCUT2D eigenvalue weighted by Crippen LogP contribution is 2.14. The summed E-state index contributed by atoms with van der Waals surface area (Å²) < 4.78 is 18.5. The Morgan fingerprint density at radius 2 is 2.00 bits per heavy atom. The van der Waals surface area contributed by atoms with Crippen molar-refractivity contribution in [3.8, 4) is 5.75 Å². The molecule has 0 aromatic heterocycles. The minimum Gasteiger partial charge on any atom is -0.489 e. The SMILES string of the molecule is O/N=C/c1cccc(OCc2cccc(F)c2)c1. The van der Waals surface area contributed by atoms with Crippen molar-refractivity contribution in [2.24, 2.45) is 5.16 Å². The molecule has 0 heterocycles. The van der Waals surface area contributed by atoms with Gasteiger partial charge in [-0.1, -0.05) is 29.4 Å². The zero-order chi connectivity index (χ0) is 12.8. The maximum atomic E-state index is 13.0. The second-order valence-electron chi connectivity index (χ2n) is 3.74. The van der Waals surface area contributed by atoms with E-state index < -0.39 is 0 Å². The summed E-state index contributed by atoms with van der Waals surface area (Å²) in [5.74, 6) is 0.355. The van der Waals surface area contributed by atoms with Crippen molar-refractivity contribution in [2.75, 3.05) is 0 Å². The Labute approximate surface area is 104 Å². The van der Waals surface area contributed by atoms with Crippen LogP contribution >= 0.6 is 0 Å². The highest BCUT2D eigenvalue weighted by Gasteiger charge is 1.98. The Bertz CT molecular complexity index is 555. The third-order valence-corrected chi connectivity index (χ3v) is 2.36. The molecule has 1 N–H and O–H groups in total. The topological polar surface area (TPSA) is 41.8 Å². The minimum absolute atomic E-state index is 0.280. The molecule has 0 fully saturated rings. The molecule has 3 nitrogen and oxygen atoms in total. The molecule has 2 rings (SSSR count). The average molecular weight is 245 g/mol. The largest absolute Gasteiger partial charge is 0.489 e. The number of hydrogen-bond donors (Lipinski definition) is 1. The van der Waals surface area contributed by atoms with Gasteiger partial charge in [-0.2, -0.15) is 0 Å². The van der Waals surface area contributed by atoms with Crippen molar-refractivity contribution in [1.82, 2.24) is 0 Å². The van der Waals surface area contributed by atoms with E-state index in [4.69, 9.17) is 9.94 Å². The Hall–Kier alpha value is -2.36. The van der Waals surface area contributed by atoms with Gasteiger partial charge < -0.3 is 9.94 Å². The monoisotopic (exact) mass is 245 g/mol. The molecule has 0 aliphatic heterocycles. The summed E-state index contributed by atoms with van der Waals surface area (Å²) in [4.78, 5) is 0. The van der Waals surface area contributed by atoms with Crippen LogP contribution in [0.4, 0.5) is 4.39 Å². The van der Waals surface area contributed by atoms with E-state index in [2.05, 4.69) is 5.16 Å². The van der Waals surface area contributed by atoms with Crippen LogP contribution in [0.3, 0.4) is 0 Å². The van der Waals surface area contributed by atoms with Crippen molar-refractivity contribution in [2.45, 2.75) is 6.61 Å². The lowest BCUT2D eigenvalue weighted by atomic mass is 10.2. The molecule has 0 atom stereocenters. The fourth-order valence-electron chi connectivity index (χ4n) is 1.54. The molecule has 0 saturated carbocycles. The van der Waals surface area contributed by atoms with Crippen LogP contribution in [0.2, 0.25) is 0 Å². The molecular formula is C14H12FNO2. The first kappa shape index (κ1) is 12.1. The molecule has 2 aromatic carbocycles. The van der Waals surface area contributed by atoms with E-state index in [9.17, 15) is 4.39 Å². The van der Waals surface area contributed by atoms with E-state index in [0.717, 1.165) is 11.1 Å². The first-order valence-electron chi connectivity index (χ1n) is 5.42. The molecule has 0 amide bonds. The maximum absolute atomic E-state index is 13.0. The van der Waals surface area contributed by atoms with Gasteiger partial charge in [-0.3, -0.25) is 0 Å². The summed E-state index contributed by atoms with van der Waals surface area (Å²) in [6.45, 7) is 0.289. The second kappa shape index (κ2) is 5.82. The highest BCUT2D eigenvalue weighted by molar-refractivity contribution is 5.79. The third-order valence-electron chi connectivity index (χ3n) is 2.36. The molecule has 2 aromatic rings. The van der Waals surface area contributed by atoms with Gasteiger partial charge in [0.05, 0.1) is 6.21 Å². The number of ether oxygens (including phenoxy) is 1. The van der Waals surface area contributed by atoms with Crippen LogP contribution in [0, 0.1) is 5.82 Å². The fourth-order valence-corrected chi connectivity index (χ4v) is 1.54. The number of benzene rings is 2. The normalized spacial score (nSPS) is 10.7. The zero-order valence-corrected chi connectivity index (χ0v) is 9.58. The van der Waals surface area contributed by atoms with Crippen LogP contribution in [0.15, 0.2) is 53.7 Å². The molecule has 4 heteroatoms. The van der Waals surface area contributed by atoms with Crippen LogP contribution < -0.4 is 4.74 Å². The Morgan fingerprint density at radius 1 is 1.17 bits per heavy atom. The minimum atomic E-state index is -0.280. The lowest BCUT2D eigenvalue weighted by Crippen LogP contribution is -1.96. The fraction of sp³-hybridized carbons (Fsp3) is 0.0714. The summed E-state index contributed by atoms with van der Waals surface area (Å²) in [5.41, 5.74) is 1.49. The van der Waals surface area contributed by atoms with Crippen LogP contribution in [-0.4, -0.2) is 11.4 Å². The van der Waals surface area contributed by atoms with Gasteiger partial charge in [0.2, 0.25) is 0 Å². The summed E-state index contributed by atoms with van der Waals surface area (Å²) in [7, 11) is 0. The second-order valence-corrected chi connectivity index (χ2v) is 3.74. The van der Waals surface area contributed by atoms with Gasteiger partial charge in [0.1, 0.15) is 18.2 Å². The quantitative estimate of drug-likeness (QED) is 0.510. The molecule has 0 saturated heterocycles. The molecule has 0 unspecified atom stereocenters. The number of hydrogen-bond acceptors (Lipinski definition) is 3. The van der Waals surface area contributed by atoms with E-state index in [1.807, 2.05) is 0 Å². The molecule has 0 bridgehead atoms. The first-order chi connectivity index (χ1) is 8.78. The first-order valence-corrected chi connectivity index (χ1v) is 5.42. The molecule has 0 spiro atoms. The van der Waals surface area contributed by atoms with Gasteiger partial charge in [0.15, 0.2) is 0 Å². The molecule has 0 aliphatic rings. The van der Waals surface area contributed by atoms with Gasteiger partial charge in [-0.25, -0.2) is 4.39 Å². The lowest BCUT2D eigenvalue weighted by Gasteiger charge is -2.06. The van der Waals surface area contributed by atoms with Crippen molar-refractivity contribution >= 4 is 6.21 Å². The Morgan fingerprint density at radius 3 is 2.78 bits per heavy atom. The van der Waals surface area contributed by atoms with E-state index in [0.29, 0.717) is 5.75 Å². The number of halogens is 1. The zero-order valence-electron chi connectivity index (χ0n) is 9.58. The number of nitrogens with zero attached hydrogens (tertiary/aromatic N) is 1. The van der Waals surface area contributed by atoms with Crippen molar-refractivity contribution in [1.29, 1.82) is 0 Å². The van der Waals surface area contributed by atoms with E-state index >= 15 is 0 Å². The van der Waals surface area contributed by atoms with Crippen molar-refractivity contribution in [3.05, 3.63) is 65.5 Å². The smallest absolute Gasteiger partial charge is 0.123 e. The van der Waals surface area contributed by atoms with Gasteiger partial charge in [0, 0.05) is 0 Å². The van der Waals surface area contributed by atoms with Gasteiger partial charge >= 0.3 is 0 Å². The molecule has 92 valence electrons. The summed E-state index contributed by atoms with van der Waals surface area (Å²) in [6.07, 6.45) is 1.31. The molecular weight excluding hydrogens is 233 g/mol. The standard InChI is InChI=1S/C14H12FNO2/c15-13-5-1-4-12(7-13)10-18-14-6-2-3-11(8-14)9-16-17/h1-9,17H,10H2/b16-9+. The summed E-state index contributed by atoms with van der Waals surface area (Å²) in [6, 6.07) is 13.4. The van der Waals surface area contributed by atoms with Crippen LogP contribution in [0.5, 0.6) is 5.75 Å². The van der Waals surface area contributed by atoms with Gasteiger partial charge in [-0.05, 0) is 35.4 Å². The van der Waals surface area contributed by atoms with Gasteiger partial charge in [-0.15, -0.1) is 0 Å². The van der Waals surface area contributed by atoms with E-state index in [-0.39, 0.29) is 12.4 Å². The van der Waals surface area contributed by atoms with Crippen molar-refractivity contribution < 1.29 is 14.3 Å². The average Bonchev–Trinajstić information content (AvgIpc) is 2.37. The third kappa shape index (κ3) is 3.31. The summed E-state index contributed by atoms with van der Waals surface area (Å²) in [5, 5.41) is 11.4. The summed E-state index contributed by atoms with van der Waals surface area (Å²) >= 11 is 0. The van der Waals surface area contributed by atoms with Crippen molar-refractivity contribution in [3.63, 3.8) is 0 Å². The molecule has 0 radical (unpaired) electrons. The number of rotatable bonds is 4. The van der Waals surface area contributed by atoms with Gasteiger partial charge in [0.25, 0.3) is 0 Å². The Balaban J connectivity index is 2.04. The van der Waals surface area contributed by atoms with E-state index in [1.165, 1.54) is 18.3 Å².